The Balaban J connectivity index is 0.00000116. The molecule has 1 fully saturated rings. The van der Waals surface area contributed by atoms with Crippen LogP contribution in [0.25, 0.3) is 33.3 Å². The number of carbonyl (C=O) groups is 1. The summed E-state index contributed by atoms with van der Waals surface area (Å²) in [5, 5.41) is 9.99. The van der Waals surface area contributed by atoms with Crippen LogP contribution in [0.15, 0.2) is 40.4 Å². The van der Waals surface area contributed by atoms with Crippen LogP contribution < -0.4 is 10.6 Å². The molecule has 0 atom stereocenters. The van der Waals surface area contributed by atoms with Gasteiger partial charge in [-0.1, -0.05) is 45.5 Å². The summed E-state index contributed by atoms with van der Waals surface area (Å²) in [7, 11) is 0. The van der Waals surface area contributed by atoms with E-state index in [1.54, 1.807) is 25.3 Å². The number of aromatic nitrogens is 6. The molecule has 0 unspecified atom stereocenters. The van der Waals surface area contributed by atoms with Crippen molar-refractivity contribution in [3.8, 4) is 0 Å². The lowest BCUT2D eigenvalue weighted by atomic mass is 10.1. The molecule has 12 nitrogen and oxygen atoms in total. The van der Waals surface area contributed by atoms with Crippen molar-refractivity contribution in [3.63, 3.8) is 0 Å². The number of piperazine rings is 1. The number of aliphatic imine (C=N–C) groups is 1. The average Bonchev–Trinajstić information content (AvgIpc) is 3.75. The first-order chi connectivity index (χ1) is 22.3. The highest BCUT2D eigenvalue weighted by atomic mass is 19.1. The molecule has 2 N–H and O–H groups in total. The fourth-order valence-corrected chi connectivity index (χ4v) is 5.60. The number of allylic oxidation sites excluding steroid dienone is 2. The molecular weight excluding hydrogens is 587 g/mol. The predicted octanol–water partition coefficient (Wildman–Crippen LogP) is 5.86. The Bertz CT molecular complexity index is 1910. The number of nitrogens with zero attached hydrogens (tertiary/aromatic N) is 9. The first kappa shape index (κ1) is 34.0. The highest BCUT2D eigenvalue weighted by Crippen LogP contribution is 2.31. The zero-order chi connectivity index (χ0) is 33.5. The summed E-state index contributed by atoms with van der Waals surface area (Å²) in [4.78, 5) is 30.3. The molecule has 6 rings (SSSR count). The van der Waals surface area contributed by atoms with Crippen molar-refractivity contribution in [1.82, 2.24) is 34.2 Å². The standard InChI is InChI=1S/C29H31FN10O2.2C2H6/c1-5-7-21(32-6-2)26-33-28-25-17(3)23(16-41)39(27(25)34-29(31)40(28)35-26)13-10-37-8-11-38(12-9-37)22-14-19-18(4)36-42-24(19)15-20(22)30;2*1-2/h5-7,14-16H,1,8-13H2,2-4H3,(H2,31,34);2*1-2H3/b21-7-,32-6?;;. The summed E-state index contributed by atoms with van der Waals surface area (Å²) in [5.74, 6) is 0.209. The monoisotopic (exact) mass is 630 g/mol. The van der Waals surface area contributed by atoms with E-state index in [0.717, 1.165) is 36.0 Å². The van der Waals surface area contributed by atoms with E-state index in [9.17, 15) is 9.18 Å². The number of halogens is 1. The van der Waals surface area contributed by atoms with Crippen molar-refractivity contribution >= 4 is 57.5 Å². The molecule has 1 aliphatic rings. The number of nitrogen functional groups attached to an aromatic ring is 1. The molecular formula is C33H43FN10O2. The lowest BCUT2D eigenvalue weighted by Gasteiger charge is -2.36. The number of anilines is 2. The summed E-state index contributed by atoms with van der Waals surface area (Å²) in [6, 6.07) is 3.22. The van der Waals surface area contributed by atoms with Gasteiger partial charge >= 0.3 is 0 Å². The van der Waals surface area contributed by atoms with Crippen LogP contribution in [0.5, 0.6) is 0 Å². The lowest BCUT2D eigenvalue weighted by molar-refractivity contribution is 0.111. The maximum absolute atomic E-state index is 14.9. The summed E-state index contributed by atoms with van der Waals surface area (Å²) in [6.07, 6.45) is 5.82. The van der Waals surface area contributed by atoms with Gasteiger partial charge in [-0.3, -0.25) is 14.7 Å². The normalized spacial score (nSPS) is 14.1. The van der Waals surface area contributed by atoms with E-state index in [1.165, 1.54) is 10.6 Å². The quantitative estimate of drug-likeness (QED) is 0.127. The summed E-state index contributed by atoms with van der Waals surface area (Å²) < 4.78 is 23.4. The largest absolute Gasteiger partial charge is 0.368 e. The predicted molar refractivity (Wildman–Crippen MR) is 183 cm³/mol. The number of aryl methyl sites for hydroxylation is 2. The molecule has 244 valence electrons. The van der Waals surface area contributed by atoms with Gasteiger partial charge in [-0.2, -0.15) is 9.50 Å². The van der Waals surface area contributed by atoms with Gasteiger partial charge in [-0.05, 0) is 38.5 Å². The van der Waals surface area contributed by atoms with E-state index in [-0.39, 0.29) is 11.8 Å². The van der Waals surface area contributed by atoms with Crippen LogP contribution in [0.3, 0.4) is 0 Å². The van der Waals surface area contributed by atoms with Crippen LogP contribution in [-0.2, 0) is 6.54 Å². The zero-order valence-electron chi connectivity index (χ0n) is 27.7. The molecule has 1 saturated heterocycles. The second kappa shape index (κ2) is 14.9. The smallest absolute Gasteiger partial charge is 0.225 e. The molecule has 0 aliphatic carbocycles. The van der Waals surface area contributed by atoms with Crippen LogP contribution in [-0.4, -0.2) is 79.4 Å². The molecule has 0 radical (unpaired) electrons. The van der Waals surface area contributed by atoms with Gasteiger partial charge in [0.15, 0.2) is 17.5 Å². The molecule has 0 bridgehead atoms. The maximum atomic E-state index is 14.9. The third-order valence-electron chi connectivity index (χ3n) is 7.75. The average molecular weight is 631 g/mol. The molecule has 13 heteroatoms. The Morgan fingerprint density at radius 2 is 1.80 bits per heavy atom. The fourth-order valence-electron chi connectivity index (χ4n) is 5.60. The van der Waals surface area contributed by atoms with Gasteiger partial charge in [-0.25, -0.2) is 9.37 Å². The third kappa shape index (κ3) is 6.27. The van der Waals surface area contributed by atoms with Crippen LogP contribution in [0.1, 0.15) is 62.2 Å². The minimum atomic E-state index is -0.322. The van der Waals surface area contributed by atoms with Crippen LogP contribution in [0.2, 0.25) is 0 Å². The Kier molecular flexibility index (Phi) is 11.0. The number of carbonyl (C=O) groups excluding carboxylic acids is 1. The molecule has 0 saturated carbocycles. The Labute approximate surface area is 268 Å². The van der Waals surface area contributed by atoms with Crippen molar-refractivity contribution in [2.45, 2.75) is 55.0 Å². The minimum absolute atomic E-state index is 0.154. The van der Waals surface area contributed by atoms with E-state index < -0.39 is 0 Å². The third-order valence-corrected chi connectivity index (χ3v) is 7.75. The van der Waals surface area contributed by atoms with Crippen molar-refractivity contribution in [2.24, 2.45) is 4.99 Å². The van der Waals surface area contributed by atoms with E-state index in [1.807, 2.05) is 57.1 Å². The number of hydrogen-bond acceptors (Lipinski definition) is 10. The van der Waals surface area contributed by atoms with Crippen LogP contribution >= 0.6 is 0 Å². The Hall–Kier alpha value is -4.91. The van der Waals surface area contributed by atoms with Crippen molar-refractivity contribution < 1.29 is 13.7 Å². The van der Waals surface area contributed by atoms with E-state index in [2.05, 4.69) is 31.7 Å². The second-order valence-electron chi connectivity index (χ2n) is 10.2. The van der Waals surface area contributed by atoms with E-state index in [0.29, 0.717) is 71.3 Å². The lowest BCUT2D eigenvalue weighted by Crippen LogP contribution is -2.47. The van der Waals surface area contributed by atoms with Gasteiger partial charge in [0.1, 0.15) is 17.2 Å². The van der Waals surface area contributed by atoms with Crippen molar-refractivity contribution in [1.29, 1.82) is 0 Å². The van der Waals surface area contributed by atoms with Crippen molar-refractivity contribution in [2.75, 3.05) is 43.4 Å². The summed E-state index contributed by atoms with van der Waals surface area (Å²) in [5.41, 5.74) is 10.9. The van der Waals surface area contributed by atoms with Gasteiger partial charge in [0, 0.05) is 56.9 Å². The first-order valence-electron chi connectivity index (χ1n) is 15.7. The molecule has 5 aromatic rings. The number of fused-ring (bicyclic) bond motifs is 4. The minimum Gasteiger partial charge on any atom is -0.368 e. The number of nitrogens with two attached hydrogens (primary N) is 1. The fraction of sp³-hybridized carbons (Fsp3) is 0.394. The molecule has 1 aromatic carbocycles. The molecule has 0 amide bonds. The number of rotatable bonds is 8. The van der Waals surface area contributed by atoms with Crippen LogP contribution in [0, 0.1) is 19.7 Å². The summed E-state index contributed by atoms with van der Waals surface area (Å²) >= 11 is 0. The van der Waals surface area contributed by atoms with Gasteiger partial charge in [0.25, 0.3) is 0 Å². The molecule has 0 spiro atoms. The first-order valence-corrected chi connectivity index (χ1v) is 15.7. The van der Waals surface area contributed by atoms with Gasteiger partial charge in [0.05, 0.1) is 22.5 Å². The van der Waals surface area contributed by atoms with E-state index in [4.69, 9.17) is 15.2 Å². The number of aldehydes is 1. The topological polar surface area (TPSA) is 136 Å². The highest BCUT2D eigenvalue weighted by Gasteiger charge is 2.25. The Morgan fingerprint density at radius 1 is 1.09 bits per heavy atom. The van der Waals surface area contributed by atoms with Crippen molar-refractivity contribution in [3.05, 3.63) is 59.5 Å². The summed E-state index contributed by atoms with van der Waals surface area (Å²) in [6.45, 7) is 21.3. The molecule has 1 aliphatic heterocycles. The molecule has 5 heterocycles. The number of benzene rings is 1. The SMILES string of the molecule is C=C/C=C(\N=CC)c1nc2c3c(C)c(C=O)n(CCN4CCN(c5cc6c(C)noc6cc5F)CC4)c3nc(N)n2n1.CC.CC. The zero-order valence-corrected chi connectivity index (χ0v) is 27.7. The maximum Gasteiger partial charge on any atom is 0.225 e. The van der Waals surface area contributed by atoms with Gasteiger partial charge in [0.2, 0.25) is 11.8 Å². The number of hydrogen-bond donors (Lipinski definition) is 1. The second-order valence-corrected chi connectivity index (χ2v) is 10.2. The molecule has 46 heavy (non-hydrogen) atoms. The Morgan fingerprint density at radius 3 is 2.46 bits per heavy atom. The highest BCUT2D eigenvalue weighted by molar-refractivity contribution is 6.00. The van der Waals surface area contributed by atoms with Crippen LogP contribution in [0.4, 0.5) is 16.0 Å². The molecule has 4 aromatic heterocycles. The van der Waals surface area contributed by atoms with Gasteiger partial charge in [-0.15, -0.1) is 5.10 Å². The van der Waals surface area contributed by atoms with E-state index >= 15 is 0 Å². The van der Waals surface area contributed by atoms with Gasteiger partial charge < -0.3 is 19.7 Å².